The molecule has 0 saturated heterocycles. The predicted octanol–water partition coefficient (Wildman–Crippen LogP) is 17.5. The van der Waals surface area contributed by atoms with Crippen LogP contribution in [-0.4, -0.2) is 4.57 Å². The van der Waals surface area contributed by atoms with E-state index in [1.54, 1.807) is 0 Å². The number of anilines is 3. The molecule has 0 atom stereocenters. The molecular formula is C62H40N2O. The Kier molecular flexibility index (Phi) is 8.53. The second-order valence-corrected chi connectivity index (χ2v) is 16.9. The summed E-state index contributed by atoms with van der Waals surface area (Å²) in [5.74, 6) is 0. The molecule has 0 radical (unpaired) electrons. The van der Waals surface area contributed by atoms with Gasteiger partial charge < -0.3 is 13.9 Å². The van der Waals surface area contributed by atoms with Crippen molar-refractivity contribution in [3.05, 3.63) is 243 Å². The summed E-state index contributed by atoms with van der Waals surface area (Å²) in [5.41, 5.74) is 15.7. The molecular weight excluding hydrogens is 789 g/mol. The molecule has 2 heterocycles. The molecule has 65 heavy (non-hydrogen) atoms. The second kappa shape index (κ2) is 15.0. The second-order valence-electron chi connectivity index (χ2n) is 16.9. The quantitative estimate of drug-likeness (QED) is 0.149. The summed E-state index contributed by atoms with van der Waals surface area (Å²) in [5, 5.41) is 9.71. The standard InChI is InChI=1S/C62H40N2O/c1-2-15-52-45(11-1)27-28-46-12-10-21-59(62(46)52)63(50-36-31-44(32-37-50)48-33-38-56-55-18-5-8-22-60(55)65-61(56)40-48)49-34-29-42(30-35-49)41-23-25-43(26-24-41)47-13-9-14-51(39-47)64-57-19-6-3-16-53(57)54-17-4-7-20-58(54)64/h1-40H. The van der Waals surface area contributed by atoms with Crippen LogP contribution >= 0.6 is 0 Å². The van der Waals surface area contributed by atoms with Gasteiger partial charge in [0.2, 0.25) is 0 Å². The van der Waals surface area contributed by atoms with Crippen molar-refractivity contribution < 1.29 is 4.42 Å². The molecule has 0 aliphatic rings. The Balaban J connectivity index is 0.856. The molecule has 0 fully saturated rings. The summed E-state index contributed by atoms with van der Waals surface area (Å²) < 4.78 is 8.65. The zero-order valence-electron chi connectivity index (χ0n) is 35.4. The van der Waals surface area contributed by atoms with Gasteiger partial charge in [0.25, 0.3) is 0 Å². The van der Waals surface area contributed by atoms with Gasteiger partial charge in [-0.2, -0.15) is 0 Å². The van der Waals surface area contributed by atoms with E-state index in [1.165, 1.54) is 65.6 Å². The summed E-state index contributed by atoms with van der Waals surface area (Å²) in [7, 11) is 0. The molecule has 2 aromatic heterocycles. The van der Waals surface area contributed by atoms with E-state index in [1.807, 2.05) is 12.1 Å². The van der Waals surface area contributed by atoms with Crippen molar-refractivity contribution in [2.45, 2.75) is 0 Å². The molecule has 13 rings (SSSR count). The lowest BCUT2D eigenvalue weighted by molar-refractivity contribution is 0.669. The molecule has 0 bridgehead atoms. The number of nitrogens with zero attached hydrogens (tertiary/aromatic N) is 2. The minimum Gasteiger partial charge on any atom is -0.456 e. The van der Waals surface area contributed by atoms with Crippen LogP contribution in [-0.2, 0) is 0 Å². The summed E-state index contributed by atoms with van der Waals surface area (Å²) in [6.45, 7) is 0. The molecule has 13 aromatic rings. The van der Waals surface area contributed by atoms with E-state index in [0.717, 1.165) is 55.8 Å². The van der Waals surface area contributed by atoms with Gasteiger partial charge in [-0.3, -0.25) is 0 Å². The third kappa shape index (κ3) is 6.20. The lowest BCUT2D eigenvalue weighted by Gasteiger charge is -2.28. The van der Waals surface area contributed by atoms with Crippen LogP contribution in [0.1, 0.15) is 0 Å². The molecule has 304 valence electrons. The lowest BCUT2D eigenvalue weighted by Crippen LogP contribution is -2.10. The largest absolute Gasteiger partial charge is 0.456 e. The first-order valence-corrected chi connectivity index (χ1v) is 22.2. The summed E-state index contributed by atoms with van der Waals surface area (Å²) in [6, 6.07) is 87.7. The molecule has 3 heteroatoms. The summed E-state index contributed by atoms with van der Waals surface area (Å²) in [6.07, 6.45) is 0. The number of fused-ring (bicyclic) bond motifs is 9. The van der Waals surface area contributed by atoms with Gasteiger partial charge in [0.1, 0.15) is 11.2 Å². The van der Waals surface area contributed by atoms with Gasteiger partial charge in [0.05, 0.1) is 16.7 Å². The van der Waals surface area contributed by atoms with Gasteiger partial charge in [-0.25, -0.2) is 0 Å². The van der Waals surface area contributed by atoms with Crippen molar-refractivity contribution >= 4 is 82.4 Å². The van der Waals surface area contributed by atoms with Crippen LogP contribution in [0.4, 0.5) is 17.1 Å². The molecule has 0 unspecified atom stereocenters. The van der Waals surface area contributed by atoms with Crippen LogP contribution in [0.3, 0.4) is 0 Å². The minimum atomic E-state index is 0.900. The normalized spacial score (nSPS) is 11.7. The first-order chi connectivity index (χ1) is 32.2. The third-order valence-electron chi connectivity index (χ3n) is 13.2. The lowest BCUT2D eigenvalue weighted by atomic mass is 9.98. The fourth-order valence-corrected chi connectivity index (χ4v) is 10.0. The first kappa shape index (κ1) is 36.9. The smallest absolute Gasteiger partial charge is 0.136 e. The molecule has 0 aliphatic carbocycles. The van der Waals surface area contributed by atoms with Gasteiger partial charge in [-0.1, -0.05) is 170 Å². The highest BCUT2D eigenvalue weighted by atomic mass is 16.3. The number of furan rings is 1. The van der Waals surface area contributed by atoms with E-state index in [2.05, 4.69) is 240 Å². The Morgan fingerprint density at radius 3 is 1.49 bits per heavy atom. The maximum absolute atomic E-state index is 6.27. The number of hydrogen-bond donors (Lipinski definition) is 0. The number of benzene rings is 11. The van der Waals surface area contributed by atoms with Crippen LogP contribution in [0.25, 0.3) is 104 Å². The van der Waals surface area contributed by atoms with Crippen LogP contribution in [0.15, 0.2) is 247 Å². The average molecular weight is 829 g/mol. The van der Waals surface area contributed by atoms with Crippen molar-refractivity contribution in [2.24, 2.45) is 0 Å². The van der Waals surface area contributed by atoms with Gasteiger partial charge in [0.15, 0.2) is 0 Å². The van der Waals surface area contributed by atoms with Gasteiger partial charge >= 0.3 is 0 Å². The number of hydrogen-bond acceptors (Lipinski definition) is 2. The highest BCUT2D eigenvalue weighted by Crippen LogP contribution is 2.43. The fraction of sp³-hybridized carbons (Fsp3) is 0. The highest BCUT2D eigenvalue weighted by molar-refractivity contribution is 6.15. The van der Waals surface area contributed by atoms with Crippen molar-refractivity contribution in [1.29, 1.82) is 0 Å². The molecule has 0 spiro atoms. The number of para-hydroxylation sites is 3. The van der Waals surface area contributed by atoms with Crippen LogP contribution < -0.4 is 4.90 Å². The summed E-state index contributed by atoms with van der Waals surface area (Å²) in [4.78, 5) is 2.40. The monoisotopic (exact) mass is 828 g/mol. The van der Waals surface area contributed by atoms with E-state index in [9.17, 15) is 0 Å². The Bertz CT molecular complexity index is 3880. The maximum Gasteiger partial charge on any atom is 0.136 e. The zero-order valence-corrected chi connectivity index (χ0v) is 35.4. The van der Waals surface area contributed by atoms with E-state index in [-0.39, 0.29) is 0 Å². The highest BCUT2D eigenvalue weighted by Gasteiger charge is 2.19. The van der Waals surface area contributed by atoms with Crippen LogP contribution in [0, 0.1) is 0 Å². The SMILES string of the molecule is c1cc(-c2ccc(-c3ccc(N(c4ccc(-c5ccc6c(c5)oc5ccccc56)cc4)c4cccc5ccc6ccccc6c45)cc3)cc2)cc(-n2c3ccccc3c3ccccc32)c1. The van der Waals surface area contributed by atoms with Crippen molar-refractivity contribution in [2.75, 3.05) is 4.90 Å². The van der Waals surface area contributed by atoms with Crippen molar-refractivity contribution in [3.8, 4) is 39.1 Å². The van der Waals surface area contributed by atoms with E-state index < -0.39 is 0 Å². The van der Waals surface area contributed by atoms with Gasteiger partial charge in [-0.05, 0) is 122 Å². The average Bonchev–Trinajstić information content (AvgIpc) is 3.92. The topological polar surface area (TPSA) is 21.3 Å². The molecule has 0 aliphatic heterocycles. The summed E-state index contributed by atoms with van der Waals surface area (Å²) >= 11 is 0. The van der Waals surface area contributed by atoms with Crippen molar-refractivity contribution in [3.63, 3.8) is 0 Å². The molecule has 11 aromatic carbocycles. The molecule has 0 N–H and O–H groups in total. The minimum absolute atomic E-state index is 0.900. The van der Waals surface area contributed by atoms with Gasteiger partial charge in [0, 0.05) is 44.0 Å². The molecule has 0 saturated carbocycles. The zero-order chi connectivity index (χ0) is 42.8. The third-order valence-corrected chi connectivity index (χ3v) is 13.2. The number of rotatable bonds is 7. The van der Waals surface area contributed by atoms with Crippen molar-refractivity contribution in [1.82, 2.24) is 4.57 Å². The Morgan fingerprint density at radius 1 is 0.308 bits per heavy atom. The van der Waals surface area contributed by atoms with E-state index in [0.29, 0.717) is 0 Å². The molecule has 0 amide bonds. The van der Waals surface area contributed by atoms with Crippen LogP contribution in [0.2, 0.25) is 0 Å². The van der Waals surface area contributed by atoms with Gasteiger partial charge in [-0.15, -0.1) is 0 Å². The maximum atomic E-state index is 6.27. The Labute approximate surface area is 376 Å². The predicted molar refractivity (Wildman–Crippen MR) is 274 cm³/mol. The molecule has 3 nitrogen and oxygen atoms in total. The van der Waals surface area contributed by atoms with E-state index in [4.69, 9.17) is 4.42 Å². The Hall–Kier alpha value is -8.66. The first-order valence-electron chi connectivity index (χ1n) is 22.2. The van der Waals surface area contributed by atoms with E-state index >= 15 is 0 Å². The van der Waals surface area contributed by atoms with Crippen LogP contribution in [0.5, 0.6) is 0 Å². The number of aromatic nitrogens is 1. The Morgan fingerprint density at radius 2 is 0.800 bits per heavy atom. The fourth-order valence-electron chi connectivity index (χ4n) is 10.0.